The molecule has 0 saturated carbocycles. The number of anilines is 1. The number of nitrogens with zero attached hydrogens (tertiary/aromatic N) is 4. The van der Waals surface area contributed by atoms with Crippen molar-refractivity contribution in [3.05, 3.63) is 59.7 Å². The fourth-order valence-corrected chi connectivity index (χ4v) is 1.93. The summed E-state index contributed by atoms with van der Waals surface area (Å²) in [4.78, 5) is 6.93. The minimum Gasteiger partial charge on any atom is -0.369 e. The summed E-state index contributed by atoms with van der Waals surface area (Å²) >= 11 is 0. The summed E-state index contributed by atoms with van der Waals surface area (Å²) in [5.41, 5.74) is 8.55. The average Bonchev–Trinajstić information content (AvgIpc) is 3.01. The van der Waals surface area contributed by atoms with Crippen molar-refractivity contribution >= 4 is 5.95 Å². The van der Waals surface area contributed by atoms with Crippen LogP contribution < -0.4 is 5.73 Å². The van der Waals surface area contributed by atoms with Crippen LogP contribution in [0.15, 0.2) is 42.7 Å². The lowest BCUT2D eigenvalue weighted by atomic mass is 10.2. The second-order valence-corrected chi connectivity index (χ2v) is 4.36. The number of benzene rings is 1. The molecule has 0 spiro atoms. The third kappa shape index (κ3) is 2.79. The molecule has 3 rings (SSSR count). The first-order valence-electron chi connectivity index (χ1n) is 6.02. The third-order valence-corrected chi connectivity index (χ3v) is 2.79. The Hall–Kier alpha value is -2.63. The van der Waals surface area contributed by atoms with E-state index in [2.05, 4.69) is 32.4 Å². The quantitative estimate of drug-likeness (QED) is 0.733. The predicted molar refractivity (Wildman–Crippen MR) is 71.4 cm³/mol. The van der Waals surface area contributed by atoms with E-state index in [1.54, 1.807) is 6.20 Å². The van der Waals surface area contributed by atoms with Gasteiger partial charge in [0.25, 0.3) is 0 Å². The van der Waals surface area contributed by atoms with E-state index < -0.39 is 0 Å². The van der Waals surface area contributed by atoms with Crippen molar-refractivity contribution in [2.45, 2.75) is 13.0 Å². The number of H-pyrrole nitrogens is 1. The molecule has 19 heavy (non-hydrogen) atoms. The Morgan fingerprint density at radius 3 is 2.79 bits per heavy atom. The Bertz CT molecular complexity index is 655. The third-order valence-electron chi connectivity index (χ3n) is 2.79. The fourth-order valence-electron chi connectivity index (χ4n) is 1.93. The van der Waals surface area contributed by atoms with Crippen LogP contribution in [0.3, 0.4) is 0 Å². The molecule has 3 N–H and O–H groups in total. The Balaban J connectivity index is 1.69. The highest BCUT2D eigenvalue weighted by molar-refractivity contribution is 5.21. The first kappa shape index (κ1) is 11.5. The summed E-state index contributed by atoms with van der Waals surface area (Å²) in [6.45, 7) is 0.721. The fraction of sp³-hybridized carbons (Fsp3) is 0.154. The largest absolute Gasteiger partial charge is 0.369 e. The van der Waals surface area contributed by atoms with Gasteiger partial charge in [0.1, 0.15) is 0 Å². The van der Waals surface area contributed by atoms with Crippen LogP contribution in [-0.2, 0) is 13.0 Å². The van der Waals surface area contributed by atoms with Crippen LogP contribution in [0.25, 0.3) is 0 Å². The number of aromatic nitrogens is 5. The maximum absolute atomic E-state index is 5.53. The molecule has 6 heteroatoms. The maximum Gasteiger partial charge on any atom is 0.197 e. The van der Waals surface area contributed by atoms with Crippen LogP contribution in [-0.4, -0.2) is 25.0 Å². The lowest BCUT2D eigenvalue weighted by molar-refractivity contribution is 0.649. The molecule has 96 valence electrons. The zero-order valence-corrected chi connectivity index (χ0v) is 10.3. The Labute approximate surface area is 110 Å². The summed E-state index contributed by atoms with van der Waals surface area (Å²) in [5.74, 6) is 0.423. The molecule has 0 aliphatic rings. The van der Waals surface area contributed by atoms with Gasteiger partial charge in [-0.1, -0.05) is 35.5 Å². The number of rotatable bonds is 4. The second-order valence-electron chi connectivity index (χ2n) is 4.36. The lowest BCUT2D eigenvalue weighted by Crippen LogP contribution is -1.99. The topological polar surface area (TPSA) is 85.4 Å². The van der Waals surface area contributed by atoms with Gasteiger partial charge in [-0.15, -0.1) is 5.10 Å². The molecule has 2 aromatic heterocycles. The van der Waals surface area contributed by atoms with E-state index in [1.807, 2.05) is 29.1 Å². The van der Waals surface area contributed by atoms with Crippen molar-refractivity contribution in [1.29, 1.82) is 0 Å². The van der Waals surface area contributed by atoms with Gasteiger partial charge in [-0.05, 0) is 5.56 Å². The van der Waals surface area contributed by atoms with Crippen molar-refractivity contribution in [2.75, 3.05) is 5.73 Å². The molecular formula is C13H14N6. The molecule has 0 saturated heterocycles. The Kier molecular flexibility index (Phi) is 2.97. The SMILES string of the molecule is Nc1ncc(Cc2cn(Cc3ccccc3)nn2)[nH]1. The molecule has 0 radical (unpaired) electrons. The Morgan fingerprint density at radius 1 is 1.21 bits per heavy atom. The Morgan fingerprint density at radius 2 is 2.05 bits per heavy atom. The summed E-state index contributed by atoms with van der Waals surface area (Å²) in [7, 11) is 0. The van der Waals surface area contributed by atoms with Gasteiger partial charge in [0.2, 0.25) is 0 Å². The van der Waals surface area contributed by atoms with Gasteiger partial charge in [-0.2, -0.15) is 0 Å². The number of hydrogen-bond donors (Lipinski definition) is 2. The average molecular weight is 254 g/mol. The summed E-state index contributed by atoms with van der Waals surface area (Å²) in [5, 5.41) is 8.26. The van der Waals surface area contributed by atoms with Crippen molar-refractivity contribution in [2.24, 2.45) is 0 Å². The smallest absolute Gasteiger partial charge is 0.197 e. The van der Waals surface area contributed by atoms with Gasteiger partial charge in [0.15, 0.2) is 5.95 Å². The number of nitrogens with two attached hydrogens (primary N) is 1. The van der Waals surface area contributed by atoms with E-state index in [0.29, 0.717) is 12.4 Å². The van der Waals surface area contributed by atoms with Crippen LogP contribution in [0.4, 0.5) is 5.95 Å². The van der Waals surface area contributed by atoms with E-state index in [4.69, 9.17) is 5.73 Å². The van der Waals surface area contributed by atoms with Crippen LogP contribution in [0.5, 0.6) is 0 Å². The highest BCUT2D eigenvalue weighted by Gasteiger charge is 2.04. The summed E-state index contributed by atoms with van der Waals surface area (Å²) in [6, 6.07) is 10.2. The molecule has 6 nitrogen and oxygen atoms in total. The van der Waals surface area contributed by atoms with Crippen LogP contribution in [0.1, 0.15) is 17.0 Å². The molecule has 0 amide bonds. The monoisotopic (exact) mass is 254 g/mol. The van der Waals surface area contributed by atoms with Gasteiger partial charge in [0, 0.05) is 18.3 Å². The molecule has 0 unspecified atom stereocenters. The second kappa shape index (κ2) is 4.93. The molecule has 1 aromatic carbocycles. The number of aromatic amines is 1. The lowest BCUT2D eigenvalue weighted by Gasteiger charge is -1.99. The first-order valence-corrected chi connectivity index (χ1v) is 6.02. The minimum atomic E-state index is 0.423. The van der Waals surface area contributed by atoms with Gasteiger partial charge in [0.05, 0.1) is 18.4 Å². The minimum absolute atomic E-state index is 0.423. The van der Waals surface area contributed by atoms with E-state index in [-0.39, 0.29) is 0 Å². The maximum atomic E-state index is 5.53. The summed E-state index contributed by atoms with van der Waals surface area (Å²) < 4.78 is 1.82. The first-order chi connectivity index (χ1) is 9.29. The van der Waals surface area contributed by atoms with Crippen molar-refractivity contribution in [3.8, 4) is 0 Å². The van der Waals surface area contributed by atoms with E-state index in [1.165, 1.54) is 5.56 Å². The number of hydrogen-bond acceptors (Lipinski definition) is 4. The van der Waals surface area contributed by atoms with Crippen molar-refractivity contribution in [3.63, 3.8) is 0 Å². The highest BCUT2D eigenvalue weighted by atomic mass is 15.4. The van der Waals surface area contributed by atoms with Gasteiger partial charge in [-0.25, -0.2) is 9.67 Å². The van der Waals surface area contributed by atoms with Crippen molar-refractivity contribution in [1.82, 2.24) is 25.0 Å². The van der Waals surface area contributed by atoms with E-state index in [9.17, 15) is 0 Å². The molecular weight excluding hydrogens is 240 g/mol. The molecule has 0 atom stereocenters. The zero-order chi connectivity index (χ0) is 13.1. The molecule has 3 aromatic rings. The molecule has 0 bridgehead atoms. The van der Waals surface area contributed by atoms with E-state index in [0.717, 1.165) is 17.9 Å². The predicted octanol–water partition coefficient (Wildman–Crippen LogP) is 1.22. The molecule has 0 fully saturated rings. The van der Waals surface area contributed by atoms with Gasteiger partial charge >= 0.3 is 0 Å². The van der Waals surface area contributed by atoms with Gasteiger partial charge < -0.3 is 10.7 Å². The normalized spacial score (nSPS) is 10.7. The number of imidazole rings is 1. The van der Waals surface area contributed by atoms with E-state index >= 15 is 0 Å². The molecule has 0 aliphatic carbocycles. The van der Waals surface area contributed by atoms with Crippen LogP contribution in [0.2, 0.25) is 0 Å². The van der Waals surface area contributed by atoms with Crippen molar-refractivity contribution < 1.29 is 0 Å². The summed E-state index contributed by atoms with van der Waals surface area (Å²) in [6.07, 6.45) is 4.30. The molecule has 2 heterocycles. The number of nitrogen functional groups attached to an aromatic ring is 1. The standard InChI is InChI=1S/C13H14N6/c14-13-15-7-11(16-13)6-12-9-19(18-17-12)8-10-4-2-1-3-5-10/h1-5,7,9H,6,8H2,(H3,14,15,16). The van der Waals surface area contributed by atoms with Gasteiger partial charge in [-0.3, -0.25) is 0 Å². The van der Waals surface area contributed by atoms with Crippen LogP contribution in [0, 0.1) is 0 Å². The molecule has 0 aliphatic heterocycles. The number of nitrogens with one attached hydrogen (secondary N) is 1. The zero-order valence-electron chi connectivity index (χ0n) is 10.3. The highest BCUT2D eigenvalue weighted by Crippen LogP contribution is 2.07. The van der Waals surface area contributed by atoms with Crippen LogP contribution >= 0.6 is 0 Å².